The average Bonchev–Trinajstić information content (AvgIpc) is 3.32. The van der Waals surface area contributed by atoms with Gasteiger partial charge in [-0.1, -0.05) is 41.9 Å². The molecule has 184 valence electrons. The molecular formula is C27H31ClN4O3. The fourth-order valence-corrected chi connectivity index (χ4v) is 5.77. The van der Waals surface area contributed by atoms with E-state index in [2.05, 4.69) is 15.2 Å². The Morgan fingerprint density at radius 3 is 2.60 bits per heavy atom. The molecule has 2 aliphatic rings. The number of rotatable bonds is 5. The number of carbonyl (C=O) groups is 1. The van der Waals surface area contributed by atoms with E-state index in [0.717, 1.165) is 43.4 Å². The second-order valence-corrected chi connectivity index (χ2v) is 10.2. The number of fused-ring (bicyclic) bond motifs is 1. The summed E-state index contributed by atoms with van der Waals surface area (Å²) in [5.74, 6) is -0.227. The fraction of sp³-hybridized carbons (Fsp3) is 0.407. The van der Waals surface area contributed by atoms with Crippen LogP contribution in [0.3, 0.4) is 0 Å². The minimum atomic E-state index is -1.51. The second kappa shape index (κ2) is 9.64. The lowest BCUT2D eigenvalue weighted by Crippen LogP contribution is -2.51. The number of aliphatic hydroxyl groups is 1. The molecule has 2 unspecified atom stereocenters. The molecule has 0 saturated carbocycles. The number of hydrogen-bond acceptors (Lipinski definition) is 5. The van der Waals surface area contributed by atoms with Crippen molar-refractivity contribution in [2.24, 2.45) is 0 Å². The normalized spacial score (nSPS) is 21.2. The second-order valence-electron chi connectivity index (χ2n) is 9.82. The first-order valence-corrected chi connectivity index (χ1v) is 12.6. The van der Waals surface area contributed by atoms with Gasteiger partial charge < -0.3 is 20.3 Å². The number of piperidine rings is 1. The van der Waals surface area contributed by atoms with E-state index in [9.17, 15) is 14.7 Å². The molecule has 7 nitrogen and oxygen atoms in total. The van der Waals surface area contributed by atoms with Crippen molar-refractivity contribution in [2.75, 3.05) is 31.5 Å². The van der Waals surface area contributed by atoms with Gasteiger partial charge in [-0.2, -0.15) is 0 Å². The van der Waals surface area contributed by atoms with Crippen LogP contribution >= 0.6 is 11.6 Å². The molecule has 0 spiro atoms. The van der Waals surface area contributed by atoms with Gasteiger partial charge in [-0.15, -0.1) is 0 Å². The topological polar surface area (TPSA) is 88.7 Å². The Bertz CT molecular complexity index is 1270. The molecule has 2 atom stereocenters. The Balaban J connectivity index is 1.17. The van der Waals surface area contributed by atoms with Crippen molar-refractivity contribution in [3.63, 3.8) is 0 Å². The van der Waals surface area contributed by atoms with Crippen LogP contribution in [0.2, 0.25) is 5.02 Å². The summed E-state index contributed by atoms with van der Waals surface area (Å²) in [4.78, 5) is 32.1. The number of pyridine rings is 1. The summed E-state index contributed by atoms with van der Waals surface area (Å²) in [6, 6.07) is 15.5. The number of hydrogen-bond donors (Lipinski definition) is 3. The third kappa shape index (κ3) is 4.81. The molecule has 2 aromatic carbocycles. The van der Waals surface area contributed by atoms with Crippen LogP contribution in [0.1, 0.15) is 31.7 Å². The van der Waals surface area contributed by atoms with Crippen LogP contribution in [0.4, 0.5) is 5.69 Å². The molecular weight excluding hydrogens is 464 g/mol. The Kier molecular flexibility index (Phi) is 6.57. The molecule has 3 heterocycles. The molecule has 2 saturated heterocycles. The number of aromatic nitrogens is 1. The lowest BCUT2D eigenvalue weighted by Gasteiger charge is -2.39. The van der Waals surface area contributed by atoms with Gasteiger partial charge in [-0.05, 0) is 55.3 Å². The number of H-pyrrole nitrogens is 1. The zero-order chi connectivity index (χ0) is 24.6. The van der Waals surface area contributed by atoms with Gasteiger partial charge in [-0.25, -0.2) is 0 Å². The minimum absolute atomic E-state index is 0.179. The van der Waals surface area contributed by atoms with Gasteiger partial charge in [0.25, 0.3) is 11.5 Å². The molecule has 35 heavy (non-hydrogen) atoms. The van der Waals surface area contributed by atoms with Gasteiger partial charge in [0.05, 0.1) is 10.4 Å². The van der Waals surface area contributed by atoms with E-state index in [1.54, 1.807) is 30.2 Å². The van der Waals surface area contributed by atoms with Crippen molar-refractivity contribution < 1.29 is 9.90 Å². The predicted molar refractivity (Wildman–Crippen MR) is 139 cm³/mol. The van der Waals surface area contributed by atoms with Gasteiger partial charge in [0, 0.05) is 50.1 Å². The number of nitrogens with one attached hydrogen (secondary N) is 2. The third-order valence-electron chi connectivity index (χ3n) is 7.44. The number of nitrogens with zero attached hydrogens (tertiary/aromatic N) is 2. The number of amides is 1. The molecule has 2 fully saturated rings. The summed E-state index contributed by atoms with van der Waals surface area (Å²) in [7, 11) is 0. The predicted octanol–water partition coefficient (Wildman–Crippen LogP) is 3.57. The summed E-state index contributed by atoms with van der Waals surface area (Å²) in [5.41, 5.74) is -0.147. The molecule has 0 radical (unpaired) electrons. The largest absolute Gasteiger partial charge is 0.381 e. The SMILES string of the molecule is CC(O)(C(=O)N1CCC(N2CCC(Nc3cc(Cl)c4c(=O)[nH]ccc4c3)C2)CC1)c1ccccc1. The molecule has 2 aliphatic heterocycles. The van der Waals surface area contributed by atoms with Crippen LogP contribution < -0.4 is 10.9 Å². The molecule has 1 amide bonds. The van der Waals surface area contributed by atoms with Gasteiger partial charge in [0.1, 0.15) is 0 Å². The van der Waals surface area contributed by atoms with E-state index in [-0.39, 0.29) is 11.5 Å². The van der Waals surface area contributed by atoms with Crippen LogP contribution in [-0.2, 0) is 10.4 Å². The van der Waals surface area contributed by atoms with Gasteiger partial charge in [-0.3, -0.25) is 14.5 Å². The summed E-state index contributed by atoms with van der Waals surface area (Å²) in [6.45, 7) is 4.80. The first-order valence-electron chi connectivity index (χ1n) is 12.2. The van der Waals surface area contributed by atoms with Crippen molar-refractivity contribution in [1.82, 2.24) is 14.8 Å². The Morgan fingerprint density at radius 1 is 1.11 bits per heavy atom. The molecule has 3 N–H and O–H groups in total. The summed E-state index contributed by atoms with van der Waals surface area (Å²) in [6.07, 6.45) is 4.45. The smallest absolute Gasteiger partial charge is 0.258 e. The van der Waals surface area contributed by atoms with Crippen LogP contribution in [0.15, 0.2) is 59.5 Å². The van der Waals surface area contributed by atoms with Gasteiger partial charge in [0.15, 0.2) is 5.60 Å². The van der Waals surface area contributed by atoms with Crippen molar-refractivity contribution >= 4 is 34.0 Å². The van der Waals surface area contributed by atoms with Crippen molar-refractivity contribution in [3.8, 4) is 0 Å². The van der Waals surface area contributed by atoms with Crippen LogP contribution in [0.5, 0.6) is 0 Å². The number of anilines is 1. The zero-order valence-electron chi connectivity index (χ0n) is 19.8. The van der Waals surface area contributed by atoms with Crippen molar-refractivity contribution in [3.05, 3.63) is 75.7 Å². The Hall–Kier alpha value is -2.87. The fourth-order valence-electron chi connectivity index (χ4n) is 5.46. The lowest BCUT2D eigenvalue weighted by atomic mass is 9.93. The molecule has 0 aliphatic carbocycles. The highest BCUT2D eigenvalue weighted by atomic mass is 35.5. The number of halogens is 1. The summed E-state index contributed by atoms with van der Waals surface area (Å²) in [5, 5.41) is 16.3. The van der Waals surface area contributed by atoms with E-state index in [0.29, 0.717) is 41.1 Å². The Labute approximate surface area is 209 Å². The van der Waals surface area contributed by atoms with Crippen LogP contribution in [0, 0.1) is 0 Å². The highest BCUT2D eigenvalue weighted by Gasteiger charge is 2.39. The average molecular weight is 495 g/mol. The Morgan fingerprint density at radius 2 is 1.86 bits per heavy atom. The number of benzene rings is 2. The minimum Gasteiger partial charge on any atom is -0.381 e. The molecule has 8 heteroatoms. The van der Waals surface area contributed by atoms with Crippen molar-refractivity contribution in [2.45, 2.75) is 43.9 Å². The highest BCUT2D eigenvalue weighted by Crippen LogP contribution is 2.29. The van der Waals surface area contributed by atoms with Crippen LogP contribution in [-0.4, -0.2) is 64.1 Å². The first-order chi connectivity index (χ1) is 16.8. The molecule has 5 rings (SSSR count). The van der Waals surface area contributed by atoms with E-state index >= 15 is 0 Å². The van der Waals surface area contributed by atoms with Crippen molar-refractivity contribution in [1.29, 1.82) is 0 Å². The zero-order valence-corrected chi connectivity index (χ0v) is 20.6. The lowest BCUT2D eigenvalue weighted by molar-refractivity contribution is -0.152. The van der Waals surface area contributed by atoms with Gasteiger partial charge >= 0.3 is 0 Å². The number of aromatic amines is 1. The maximum absolute atomic E-state index is 13.1. The molecule has 1 aromatic heterocycles. The highest BCUT2D eigenvalue weighted by molar-refractivity contribution is 6.35. The monoisotopic (exact) mass is 494 g/mol. The standard InChI is InChI=1S/C27H31ClN4O3/c1-27(35,19-5-3-2-4-6-19)26(34)31-13-9-22(10-14-31)32-12-8-20(17-32)30-21-15-18-7-11-29-25(33)24(18)23(28)16-21/h2-7,11,15-16,20,22,30,35H,8-10,12-14,17H2,1H3,(H,29,33). The quantitative estimate of drug-likeness (QED) is 0.504. The molecule has 0 bridgehead atoms. The van der Waals surface area contributed by atoms with E-state index in [4.69, 9.17) is 11.6 Å². The van der Waals surface area contributed by atoms with E-state index in [1.165, 1.54) is 0 Å². The third-order valence-corrected chi connectivity index (χ3v) is 7.73. The summed E-state index contributed by atoms with van der Waals surface area (Å²) < 4.78 is 0. The number of likely N-dealkylation sites (tertiary alicyclic amines) is 2. The van der Waals surface area contributed by atoms with E-state index < -0.39 is 5.60 Å². The maximum Gasteiger partial charge on any atom is 0.258 e. The van der Waals surface area contributed by atoms with E-state index in [1.807, 2.05) is 36.4 Å². The van der Waals surface area contributed by atoms with Gasteiger partial charge in [0.2, 0.25) is 0 Å². The number of carbonyl (C=O) groups excluding carboxylic acids is 1. The van der Waals surface area contributed by atoms with Crippen LogP contribution in [0.25, 0.3) is 10.8 Å². The maximum atomic E-state index is 13.1. The first kappa shape index (κ1) is 23.9. The summed E-state index contributed by atoms with van der Waals surface area (Å²) >= 11 is 6.39. The molecule has 3 aromatic rings.